The third-order valence-corrected chi connectivity index (χ3v) is 5.58. The molecule has 2 aromatic rings. The Kier molecular flexibility index (Phi) is 6.10. The molecule has 2 aliphatic heterocycles. The fraction of sp³-hybridized carbons (Fsp3) is 0.391. The molecule has 2 aromatic carbocycles. The molecule has 6 nitrogen and oxygen atoms in total. The second kappa shape index (κ2) is 9.09. The molecule has 4 rings (SSSR count). The summed E-state index contributed by atoms with van der Waals surface area (Å²) < 4.78 is 5.39. The first-order valence-electron chi connectivity index (χ1n) is 10.2. The molecule has 0 aliphatic carbocycles. The predicted octanol–water partition coefficient (Wildman–Crippen LogP) is 2.19. The normalized spacial score (nSPS) is 19.4. The number of morpholine rings is 1. The van der Waals surface area contributed by atoms with Crippen LogP contribution >= 0.6 is 0 Å². The van der Waals surface area contributed by atoms with Crippen LogP contribution in [-0.4, -0.2) is 49.6 Å². The van der Waals surface area contributed by atoms with E-state index in [9.17, 15) is 9.59 Å². The number of anilines is 1. The molecule has 1 N–H and O–H groups in total. The molecule has 1 unspecified atom stereocenters. The summed E-state index contributed by atoms with van der Waals surface area (Å²) in [5, 5.41) is 2.99. The van der Waals surface area contributed by atoms with Gasteiger partial charge >= 0.3 is 0 Å². The third-order valence-electron chi connectivity index (χ3n) is 5.58. The van der Waals surface area contributed by atoms with Crippen molar-refractivity contribution < 1.29 is 14.3 Å². The molecule has 0 spiro atoms. The minimum atomic E-state index is -0.279. The first-order chi connectivity index (χ1) is 14.2. The van der Waals surface area contributed by atoms with Crippen molar-refractivity contribution in [3.05, 3.63) is 65.7 Å². The molecule has 0 radical (unpaired) electrons. The highest BCUT2D eigenvalue weighted by Crippen LogP contribution is 2.21. The van der Waals surface area contributed by atoms with Crippen LogP contribution in [0.1, 0.15) is 17.5 Å². The first kappa shape index (κ1) is 19.5. The van der Waals surface area contributed by atoms with Gasteiger partial charge in [-0.2, -0.15) is 0 Å². The predicted molar refractivity (Wildman–Crippen MR) is 111 cm³/mol. The van der Waals surface area contributed by atoms with Gasteiger partial charge in [-0.05, 0) is 23.3 Å². The zero-order valence-corrected chi connectivity index (χ0v) is 16.5. The summed E-state index contributed by atoms with van der Waals surface area (Å²) in [4.78, 5) is 28.9. The summed E-state index contributed by atoms with van der Waals surface area (Å²) in [5.74, 6) is -0.283. The molecule has 2 saturated heterocycles. The van der Waals surface area contributed by atoms with Crippen molar-refractivity contribution in [3.8, 4) is 0 Å². The van der Waals surface area contributed by atoms with Gasteiger partial charge in [-0.25, -0.2) is 0 Å². The van der Waals surface area contributed by atoms with Crippen LogP contribution in [0.25, 0.3) is 0 Å². The Morgan fingerprint density at radius 2 is 1.72 bits per heavy atom. The fourth-order valence-corrected chi connectivity index (χ4v) is 3.88. The van der Waals surface area contributed by atoms with E-state index in [0.29, 0.717) is 19.6 Å². The van der Waals surface area contributed by atoms with Crippen molar-refractivity contribution in [2.75, 3.05) is 37.7 Å². The minimum absolute atomic E-state index is 0.0452. The highest BCUT2D eigenvalue weighted by atomic mass is 16.5. The Morgan fingerprint density at radius 1 is 1.00 bits per heavy atom. The number of nitrogens with zero attached hydrogens (tertiary/aromatic N) is 2. The zero-order chi connectivity index (χ0) is 20.1. The second-order valence-electron chi connectivity index (χ2n) is 7.64. The van der Waals surface area contributed by atoms with Crippen molar-refractivity contribution in [3.63, 3.8) is 0 Å². The number of benzene rings is 2. The summed E-state index contributed by atoms with van der Waals surface area (Å²) in [7, 11) is 0. The maximum absolute atomic E-state index is 12.6. The van der Waals surface area contributed by atoms with E-state index in [0.717, 1.165) is 37.4 Å². The van der Waals surface area contributed by atoms with Crippen LogP contribution in [0.5, 0.6) is 0 Å². The Hall–Kier alpha value is -2.86. The molecule has 0 saturated carbocycles. The van der Waals surface area contributed by atoms with E-state index in [4.69, 9.17) is 4.74 Å². The van der Waals surface area contributed by atoms with Crippen molar-refractivity contribution >= 4 is 17.5 Å². The Labute approximate surface area is 171 Å². The molecule has 0 aromatic heterocycles. The van der Waals surface area contributed by atoms with Crippen LogP contribution in [0, 0.1) is 5.92 Å². The topological polar surface area (TPSA) is 61.9 Å². The molecule has 2 amide bonds. The van der Waals surface area contributed by atoms with Crippen LogP contribution in [-0.2, 0) is 27.4 Å². The standard InChI is InChI=1S/C23H27N3O3/c27-22-14-20(17-26(22)16-19-4-2-1-3-5-19)23(28)24-15-18-6-8-21(9-7-18)25-10-12-29-13-11-25/h1-9,20H,10-17H2,(H,24,28). The number of hydrogen-bond acceptors (Lipinski definition) is 4. The van der Waals surface area contributed by atoms with Crippen molar-refractivity contribution in [2.45, 2.75) is 19.5 Å². The maximum atomic E-state index is 12.6. The van der Waals surface area contributed by atoms with E-state index in [-0.39, 0.29) is 24.2 Å². The highest BCUT2D eigenvalue weighted by molar-refractivity contribution is 5.89. The van der Waals surface area contributed by atoms with Crippen molar-refractivity contribution in [1.29, 1.82) is 0 Å². The van der Waals surface area contributed by atoms with E-state index < -0.39 is 0 Å². The van der Waals surface area contributed by atoms with Crippen LogP contribution in [0.2, 0.25) is 0 Å². The lowest BCUT2D eigenvalue weighted by Gasteiger charge is -2.28. The molecular weight excluding hydrogens is 366 g/mol. The third kappa shape index (κ3) is 4.95. The van der Waals surface area contributed by atoms with Gasteiger partial charge in [0, 0.05) is 44.8 Å². The molecular formula is C23H27N3O3. The second-order valence-corrected chi connectivity index (χ2v) is 7.64. The average Bonchev–Trinajstić information content (AvgIpc) is 3.14. The van der Waals surface area contributed by atoms with Crippen molar-refractivity contribution in [1.82, 2.24) is 10.2 Å². The fourth-order valence-electron chi connectivity index (χ4n) is 3.88. The quantitative estimate of drug-likeness (QED) is 0.817. The number of rotatable bonds is 6. The van der Waals surface area contributed by atoms with E-state index >= 15 is 0 Å². The van der Waals surface area contributed by atoms with Crippen LogP contribution in [0.4, 0.5) is 5.69 Å². The van der Waals surface area contributed by atoms with E-state index in [2.05, 4.69) is 22.3 Å². The zero-order valence-electron chi connectivity index (χ0n) is 16.5. The van der Waals surface area contributed by atoms with Gasteiger partial charge in [0.15, 0.2) is 0 Å². The number of carbonyl (C=O) groups excluding carboxylic acids is 2. The lowest BCUT2D eigenvalue weighted by Crippen LogP contribution is -2.36. The number of ether oxygens (including phenoxy) is 1. The Bertz CT molecular complexity index is 832. The molecule has 2 heterocycles. The van der Waals surface area contributed by atoms with Gasteiger partial charge in [-0.1, -0.05) is 42.5 Å². The molecule has 6 heteroatoms. The van der Waals surface area contributed by atoms with E-state index in [1.165, 1.54) is 5.69 Å². The van der Waals surface area contributed by atoms with Gasteiger partial charge in [0.05, 0.1) is 19.1 Å². The van der Waals surface area contributed by atoms with Crippen LogP contribution in [0.15, 0.2) is 54.6 Å². The molecule has 1 atom stereocenters. The summed E-state index contributed by atoms with van der Waals surface area (Å²) in [6, 6.07) is 18.2. The highest BCUT2D eigenvalue weighted by Gasteiger charge is 2.34. The van der Waals surface area contributed by atoms with Gasteiger partial charge in [0.1, 0.15) is 0 Å². The van der Waals surface area contributed by atoms with Gasteiger partial charge in [-0.3, -0.25) is 9.59 Å². The number of likely N-dealkylation sites (tertiary alicyclic amines) is 1. The van der Waals surface area contributed by atoms with Crippen molar-refractivity contribution in [2.24, 2.45) is 5.92 Å². The van der Waals surface area contributed by atoms with Gasteiger partial charge in [0.2, 0.25) is 11.8 Å². The largest absolute Gasteiger partial charge is 0.378 e. The number of carbonyl (C=O) groups is 2. The summed E-state index contributed by atoms with van der Waals surface area (Å²) in [6.07, 6.45) is 0.286. The smallest absolute Gasteiger partial charge is 0.225 e. The molecule has 152 valence electrons. The molecule has 2 aliphatic rings. The Balaban J connectivity index is 1.27. The van der Waals surface area contributed by atoms with E-state index in [1.807, 2.05) is 42.5 Å². The lowest BCUT2D eigenvalue weighted by molar-refractivity contribution is -0.129. The SMILES string of the molecule is O=C(NCc1ccc(N2CCOCC2)cc1)C1CC(=O)N(Cc2ccccc2)C1. The van der Waals surface area contributed by atoms with Gasteiger partial charge < -0.3 is 19.9 Å². The van der Waals surface area contributed by atoms with Crippen LogP contribution in [0.3, 0.4) is 0 Å². The monoisotopic (exact) mass is 393 g/mol. The summed E-state index contributed by atoms with van der Waals surface area (Å²) >= 11 is 0. The number of nitrogens with one attached hydrogen (secondary N) is 1. The maximum Gasteiger partial charge on any atom is 0.225 e. The summed E-state index contributed by atoms with van der Waals surface area (Å²) in [6.45, 7) is 4.86. The van der Waals surface area contributed by atoms with Gasteiger partial charge in [0.25, 0.3) is 0 Å². The van der Waals surface area contributed by atoms with Crippen LogP contribution < -0.4 is 10.2 Å². The summed E-state index contributed by atoms with van der Waals surface area (Å²) in [5.41, 5.74) is 3.32. The first-order valence-corrected chi connectivity index (χ1v) is 10.2. The number of amides is 2. The lowest BCUT2D eigenvalue weighted by atomic mass is 10.1. The number of hydrogen-bond donors (Lipinski definition) is 1. The average molecular weight is 393 g/mol. The van der Waals surface area contributed by atoms with E-state index in [1.54, 1.807) is 4.90 Å². The Morgan fingerprint density at radius 3 is 2.45 bits per heavy atom. The molecule has 2 fully saturated rings. The minimum Gasteiger partial charge on any atom is -0.378 e. The van der Waals surface area contributed by atoms with Gasteiger partial charge in [-0.15, -0.1) is 0 Å². The molecule has 29 heavy (non-hydrogen) atoms. The molecule has 0 bridgehead atoms.